The van der Waals surface area contributed by atoms with Gasteiger partial charge in [-0.3, -0.25) is 0 Å². The van der Waals surface area contributed by atoms with Gasteiger partial charge in [0, 0.05) is 30.4 Å². The average Bonchev–Trinajstić information content (AvgIpc) is 2.95. The first kappa shape index (κ1) is 12.7. The van der Waals surface area contributed by atoms with Crippen LogP contribution in [0.1, 0.15) is 25.1 Å². The van der Waals surface area contributed by atoms with E-state index in [9.17, 15) is 0 Å². The van der Waals surface area contributed by atoms with Crippen LogP contribution in [0, 0.1) is 0 Å². The number of rotatable bonds is 2. The largest absolute Gasteiger partial charge is 0.431 e. The Morgan fingerprint density at radius 1 is 1.19 bits per heavy atom. The number of aromatic nitrogens is 4. The molecule has 7 heteroatoms. The highest BCUT2D eigenvalue weighted by molar-refractivity contribution is 7.99. The molecule has 0 radical (unpaired) electrons. The first-order valence-corrected chi connectivity index (χ1v) is 7.87. The third-order valence-corrected chi connectivity index (χ3v) is 4.48. The van der Waals surface area contributed by atoms with Crippen LogP contribution in [0.5, 0.6) is 0 Å². The monoisotopic (exact) mass is 301 g/mol. The van der Waals surface area contributed by atoms with Crippen molar-refractivity contribution in [2.75, 3.05) is 5.73 Å². The second-order valence-corrected chi connectivity index (χ2v) is 6.09. The number of nitrogens with zero attached hydrogens (tertiary/aromatic N) is 4. The minimum absolute atomic E-state index is 0.579. The van der Waals surface area contributed by atoms with Gasteiger partial charge in [0.15, 0.2) is 5.58 Å². The minimum atomic E-state index is 0.579. The number of nitrogens with two attached hydrogens (primary N) is 1. The number of hydrogen-bond acceptors (Lipinski definition) is 6. The van der Waals surface area contributed by atoms with Gasteiger partial charge in [0.1, 0.15) is 11.3 Å². The molecule has 0 amide bonds. The number of nitrogen functional groups attached to an aromatic ring is 1. The minimum Gasteiger partial charge on any atom is -0.431 e. The Morgan fingerprint density at radius 3 is 3.10 bits per heavy atom. The average molecular weight is 301 g/mol. The molecule has 1 aliphatic rings. The molecule has 1 aliphatic heterocycles. The fraction of sp³-hybridized carbons (Fsp3) is 0.357. The van der Waals surface area contributed by atoms with Crippen LogP contribution >= 0.6 is 11.8 Å². The van der Waals surface area contributed by atoms with Gasteiger partial charge in [-0.05, 0) is 31.0 Å². The van der Waals surface area contributed by atoms with Crippen molar-refractivity contribution in [2.45, 2.75) is 42.6 Å². The molecule has 108 valence electrons. The second kappa shape index (κ2) is 5.07. The number of hydrogen-bond donors (Lipinski definition) is 1. The van der Waals surface area contributed by atoms with E-state index in [1.54, 1.807) is 0 Å². The van der Waals surface area contributed by atoms with Gasteiger partial charge in [0.2, 0.25) is 5.16 Å². The van der Waals surface area contributed by atoms with Gasteiger partial charge < -0.3 is 14.7 Å². The molecule has 0 atom stereocenters. The van der Waals surface area contributed by atoms with Crippen molar-refractivity contribution < 1.29 is 4.42 Å². The number of benzene rings is 1. The van der Waals surface area contributed by atoms with E-state index in [0.29, 0.717) is 10.9 Å². The van der Waals surface area contributed by atoms with E-state index in [4.69, 9.17) is 10.2 Å². The smallest absolute Gasteiger partial charge is 0.264 e. The lowest BCUT2D eigenvalue weighted by Gasteiger charge is -2.03. The Morgan fingerprint density at radius 2 is 2.14 bits per heavy atom. The topological polar surface area (TPSA) is 82.8 Å². The molecule has 0 fully saturated rings. The first-order chi connectivity index (χ1) is 10.3. The molecular formula is C14H15N5OS. The summed E-state index contributed by atoms with van der Waals surface area (Å²) >= 11 is 1.42. The molecule has 0 saturated heterocycles. The molecule has 21 heavy (non-hydrogen) atoms. The Hall–Kier alpha value is -2.02. The Labute approximate surface area is 125 Å². The molecule has 1 aromatic carbocycles. The summed E-state index contributed by atoms with van der Waals surface area (Å²) in [6, 6.07) is 5.46. The summed E-state index contributed by atoms with van der Waals surface area (Å²) in [5.74, 6) is 1.07. The molecule has 4 rings (SSSR count). The summed E-state index contributed by atoms with van der Waals surface area (Å²) in [4.78, 5) is 4.46. The van der Waals surface area contributed by atoms with Crippen LogP contribution in [-0.2, 0) is 13.0 Å². The van der Waals surface area contributed by atoms with Gasteiger partial charge in [-0.1, -0.05) is 6.42 Å². The van der Waals surface area contributed by atoms with Crippen LogP contribution in [0.3, 0.4) is 0 Å². The predicted molar refractivity (Wildman–Crippen MR) is 80.1 cm³/mol. The molecule has 2 aromatic heterocycles. The van der Waals surface area contributed by atoms with Crippen LogP contribution in [0.2, 0.25) is 0 Å². The van der Waals surface area contributed by atoms with Crippen molar-refractivity contribution in [1.29, 1.82) is 0 Å². The van der Waals surface area contributed by atoms with Crippen molar-refractivity contribution >= 4 is 28.5 Å². The normalized spacial score (nSPS) is 15.0. The molecule has 3 aromatic rings. The highest BCUT2D eigenvalue weighted by atomic mass is 32.2. The maximum Gasteiger partial charge on any atom is 0.264 e. The Balaban J connectivity index is 1.67. The lowest BCUT2D eigenvalue weighted by atomic mass is 10.2. The molecule has 6 nitrogen and oxygen atoms in total. The predicted octanol–water partition coefficient (Wildman–Crippen LogP) is 2.88. The van der Waals surface area contributed by atoms with E-state index in [1.165, 1.54) is 31.0 Å². The summed E-state index contributed by atoms with van der Waals surface area (Å²) < 4.78 is 7.92. The molecule has 0 aliphatic carbocycles. The van der Waals surface area contributed by atoms with E-state index >= 15 is 0 Å². The van der Waals surface area contributed by atoms with Gasteiger partial charge in [-0.2, -0.15) is 0 Å². The van der Waals surface area contributed by atoms with Crippen molar-refractivity contribution in [2.24, 2.45) is 0 Å². The van der Waals surface area contributed by atoms with Crippen LogP contribution in [0.25, 0.3) is 11.1 Å². The fourth-order valence-corrected chi connectivity index (χ4v) is 3.40. The van der Waals surface area contributed by atoms with Gasteiger partial charge in [-0.15, -0.1) is 10.2 Å². The van der Waals surface area contributed by atoms with Gasteiger partial charge in [0.25, 0.3) is 5.22 Å². The van der Waals surface area contributed by atoms with Crippen molar-refractivity contribution in [3.05, 3.63) is 24.0 Å². The second-order valence-electron chi connectivity index (χ2n) is 5.17. The van der Waals surface area contributed by atoms with Crippen LogP contribution < -0.4 is 5.73 Å². The summed E-state index contributed by atoms with van der Waals surface area (Å²) in [6.45, 7) is 0.970. The zero-order valence-electron chi connectivity index (χ0n) is 11.5. The zero-order chi connectivity index (χ0) is 14.2. The van der Waals surface area contributed by atoms with Gasteiger partial charge in [-0.25, -0.2) is 4.98 Å². The number of oxazole rings is 1. The highest BCUT2D eigenvalue weighted by Gasteiger charge is 2.18. The lowest BCUT2D eigenvalue weighted by Crippen LogP contribution is -2.02. The summed E-state index contributed by atoms with van der Waals surface area (Å²) in [6.07, 6.45) is 4.60. The third-order valence-electron chi connectivity index (χ3n) is 3.65. The molecular weight excluding hydrogens is 286 g/mol. The highest BCUT2D eigenvalue weighted by Crippen LogP contribution is 2.30. The van der Waals surface area contributed by atoms with Crippen LogP contribution in [-0.4, -0.2) is 19.7 Å². The van der Waals surface area contributed by atoms with Crippen molar-refractivity contribution in [3.63, 3.8) is 0 Å². The molecule has 3 heterocycles. The molecule has 0 spiro atoms. The maximum atomic E-state index is 5.76. The van der Waals surface area contributed by atoms with Crippen LogP contribution in [0.4, 0.5) is 5.69 Å². The van der Waals surface area contributed by atoms with Gasteiger partial charge >= 0.3 is 0 Å². The number of aryl methyl sites for hydroxylation is 1. The van der Waals surface area contributed by atoms with Gasteiger partial charge in [0.05, 0.1) is 0 Å². The van der Waals surface area contributed by atoms with E-state index in [2.05, 4.69) is 19.7 Å². The molecule has 0 bridgehead atoms. The quantitative estimate of drug-likeness (QED) is 0.733. The molecule has 0 unspecified atom stereocenters. The van der Waals surface area contributed by atoms with E-state index < -0.39 is 0 Å². The third kappa shape index (κ3) is 2.37. The Kier molecular flexibility index (Phi) is 3.07. The maximum absolute atomic E-state index is 5.76. The summed E-state index contributed by atoms with van der Waals surface area (Å²) in [5.41, 5.74) is 7.96. The molecule has 0 saturated carbocycles. The first-order valence-electron chi connectivity index (χ1n) is 7.05. The Bertz CT molecular complexity index is 794. The van der Waals surface area contributed by atoms with Crippen molar-refractivity contribution in [3.8, 4) is 0 Å². The van der Waals surface area contributed by atoms with E-state index in [0.717, 1.165) is 35.0 Å². The summed E-state index contributed by atoms with van der Waals surface area (Å²) in [5, 5.41) is 9.99. The van der Waals surface area contributed by atoms with Crippen LogP contribution in [0.15, 0.2) is 33.0 Å². The lowest BCUT2D eigenvalue weighted by molar-refractivity contribution is 0.487. The fourth-order valence-electron chi connectivity index (χ4n) is 2.58. The number of fused-ring (bicyclic) bond motifs is 2. The van der Waals surface area contributed by atoms with E-state index in [1.807, 2.05) is 18.2 Å². The zero-order valence-corrected chi connectivity index (χ0v) is 12.3. The standard InChI is InChI=1S/C14H15N5OS/c15-9-5-6-11-10(8-9)16-14(20-11)21-13-18-17-12-4-2-1-3-7-19(12)13/h5-6,8H,1-4,7,15H2. The summed E-state index contributed by atoms with van der Waals surface area (Å²) in [7, 11) is 0. The van der Waals surface area contributed by atoms with E-state index in [-0.39, 0.29) is 0 Å². The van der Waals surface area contributed by atoms with Crippen molar-refractivity contribution in [1.82, 2.24) is 19.7 Å². The molecule has 2 N–H and O–H groups in total. The SMILES string of the molecule is Nc1ccc2oc(Sc3nnc4n3CCCCC4)nc2c1. The number of anilines is 1.